The van der Waals surface area contributed by atoms with Gasteiger partial charge in [0.1, 0.15) is 30.2 Å². The molecule has 5 heterocycles. The van der Waals surface area contributed by atoms with Gasteiger partial charge in [-0.05, 0) is 76.7 Å². The second-order valence-electron chi connectivity index (χ2n) is 21.3. The number of ether oxygens (including phenoxy) is 3. The van der Waals surface area contributed by atoms with Crippen LogP contribution < -0.4 is 64.6 Å². The lowest BCUT2D eigenvalue weighted by atomic mass is 10.0. The molecule has 9 atom stereocenters. The van der Waals surface area contributed by atoms with Gasteiger partial charge in [0.15, 0.2) is 0 Å². The van der Waals surface area contributed by atoms with E-state index in [0.717, 1.165) is 25.0 Å². The number of aromatic nitrogens is 5. The average Bonchev–Trinajstić information content (AvgIpc) is 3.94. The first-order valence-electron chi connectivity index (χ1n) is 29.2. The number of aryl methyl sites for hydroxylation is 1. The summed E-state index contributed by atoms with van der Waals surface area (Å²) in [5.41, 5.74) is 12.8. The number of rotatable bonds is 28. The highest BCUT2D eigenvalue weighted by atomic mass is 32.2. The largest absolute Gasteiger partial charge is 0.394 e. The molecule has 16 N–H and O–H groups in total. The Kier molecular flexibility index (Phi) is 30.7. The number of nitrogens with two attached hydrogens (primary N) is 2. The second kappa shape index (κ2) is 37.7. The van der Waals surface area contributed by atoms with Crippen molar-refractivity contribution in [2.75, 3.05) is 78.2 Å². The van der Waals surface area contributed by atoms with Gasteiger partial charge in [0.2, 0.25) is 47.3 Å². The first-order valence-corrected chi connectivity index (χ1v) is 30.3. The van der Waals surface area contributed by atoms with Crippen molar-refractivity contribution in [1.82, 2.24) is 78.1 Å². The van der Waals surface area contributed by atoms with Crippen LogP contribution in [0, 0.1) is 5.92 Å². The molecule has 3 aliphatic rings. The minimum Gasteiger partial charge on any atom is -0.394 e. The maximum atomic E-state index is 14.1. The number of H-pyrrole nitrogens is 1. The van der Waals surface area contributed by atoms with E-state index in [-0.39, 0.29) is 62.8 Å². The Labute approximate surface area is 493 Å². The molecule has 0 saturated carbocycles. The van der Waals surface area contributed by atoms with E-state index >= 15 is 0 Å². The van der Waals surface area contributed by atoms with Crippen molar-refractivity contribution in [2.45, 2.75) is 164 Å². The quantitative estimate of drug-likeness (QED) is 0.0289. The van der Waals surface area contributed by atoms with Crippen LogP contribution in [0.5, 0.6) is 0 Å². The van der Waals surface area contributed by atoms with Gasteiger partial charge in [-0.2, -0.15) is 11.8 Å². The maximum absolute atomic E-state index is 14.1. The number of unbranched alkanes of at least 4 members (excludes halogenated alkanes) is 2. The zero-order valence-corrected chi connectivity index (χ0v) is 49.1. The number of amides is 10. The Morgan fingerprint density at radius 3 is 2.17 bits per heavy atom. The lowest BCUT2D eigenvalue weighted by Gasteiger charge is -2.27. The van der Waals surface area contributed by atoms with Crippen molar-refractivity contribution in [3.05, 3.63) is 30.1 Å². The molecule has 2 saturated heterocycles. The summed E-state index contributed by atoms with van der Waals surface area (Å²) in [5.74, 6) is -4.65. The molecule has 0 aliphatic carbocycles. The van der Waals surface area contributed by atoms with Gasteiger partial charge in [0.05, 0.1) is 75.4 Å². The van der Waals surface area contributed by atoms with Gasteiger partial charge < -0.3 is 88.9 Å². The highest BCUT2D eigenvalue weighted by molar-refractivity contribution is 8.00. The van der Waals surface area contributed by atoms with E-state index in [2.05, 4.69) is 73.4 Å². The van der Waals surface area contributed by atoms with Crippen LogP contribution >= 0.6 is 11.8 Å². The number of nitrogens with one attached hydrogen (secondary N) is 11. The van der Waals surface area contributed by atoms with Crippen molar-refractivity contribution >= 4 is 65.1 Å². The molecule has 30 nitrogen and oxygen atoms in total. The number of aliphatic hydroxyl groups excluding tert-OH is 1. The molecular weight excluding hydrogens is 1110 g/mol. The van der Waals surface area contributed by atoms with Crippen LogP contribution in [-0.2, 0) is 72.0 Å². The summed E-state index contributed by atoms with van der Waals surface area (Å²) in [6, 6.07) is -7.18. The van der Waals surface area contributed by atoms with E-state index in [4.69, 9.17) is 25.7 Å². The number of carbonyl (C=O) groups is 9. The normalized spacial score (nSPS) is 24.3. The third-order valence-corrected chi connectivity index (χ3v) is 15.7. The zero-order chi connectivity index (χ0) is 60.6. The summed E-state index contributed by atoms with van der Waals surface area (Å²) in [6.45, 7) is 5.48. The van der Waals surface area contributed by atoms with E-state index in [0.29, 0.717) is 114 Å². The lowest BCUT2D eigenvalue weighted by molar-refractivity contribution is -0.135. The number of thioether (sulfide) groups is 1. The first-order chi connectivity index (χ1) is 40.5. The van der Waals surface area contributed by atoms with Crippen LogP contribution in [-0.4, -0.2) is 215 Å². The molecule has 31 heteroatoms. The van der Waals surface area contributed by atoms with Crippen LogP contribution in [0.1, 0.15) is 102 Å². The predicted molar refractivity (Wildman–Crippen MR) is 307 cm³/mol. The third kappa shape index (κ3) is 24.6. The van der Waals surface area contributed by atoms with Crippen LogP contribution in [0.4, 0.5) is 4.79 Å². The molecule has 2 fully saturated rings. The van der Waals surface area contributed by atoms with E-state index in [1.165, 1.54) is 12.5 Å². The van der Waals surface area contributed by atoms with Gasteiger partial charge >= 0.3 is 6.03 Å². The van der Waals surface area contributed by atoms with Crippen molar-refractivity contribution in [2.24, 2.45) is 17.4 Å². The number of aliphatic hydroxyl groups is 1. The van der Waals surface area contributed by atoms with Crippen LogP contribution in [0.2, 0.25) is 0 Å². The Bertz CT molecular complexity index is 2390. The number of carbonyl (C=O) groups excluding carboxylic acids is 9. The Morgan fingerprint density at radius 1 is 0.774 bits per heavy atom. The zero-order valence-electron chi connectivity index (χ0n) is 48.3. The Balaban J connectivity index is 1.06. The van der Waals surface area contributed by atoms with Gasteiger partial charge in [-0.25, -0.2) is 9.78 Å². The number of imidazole rings is 1. The fourth-order valence-corrected chi connectivity index (χ4v) is 11.0. The summed E-state index contributed by atoms with van der Waals surface area (Å²) in [7, 11) is 0. The number of hydrogen-bond acceptors (Lipinski definition) is 19. The van der Waals surface area contributed by atoms with Crippen LogP contribution in [0.3, 0.4) is 0 Å². The third-order valence-electron chi connectivity index (χ3n) is 14.2. The molecule has 470 valence electrons. The van der Waals surface area contributed by atoms with E-state index in [1.54, 1.807) is 24.7 Å². The van der Waals surface area contributed by atoms with Gasteiger partial charge in [-0.1, -0.05) is 25.5 Å². The summed E-state index contributed by atoms with van der Waals surface area (Å²) in [6.07, 6.45) is 10.7. The minimum absolute atomic E-state index is 0.0194. The monoisotopic (exact) mass is 1200 g/mol. The molecule has 10 amide bonds. The molecule has 0 aromatic carbocycles. The molecule has 2 aromatic heterocycles. The average molecular weight is 1200 g/mol. The highest BCUT2D eigenvalue weighted by Gasteiger charge is 2.42. The lowest BCUT2D eigenvalue weighted by Crippen LogP contribution is -2.60. The number of aromatic amines is 1. The molecular formula is C53H89N17O13S. The van der Waals surface area contributed by atoms with Gasteiger partial charge in [-0.15, -0.1) is 5.10 Å². The summed E-state index contributed by atoms with van der Waals surface area (Å²) >= 11 is 1.87. The summed E-state index contributed by atoms with van der Waals surface area (Å²) in [4.78, 5) is 126. The fourth-order valence-electron chi connectivity index (χ4n) is 9.48. The molecule has 2 bridgehead atoms. The van der Waals surface area contributed by atoms with Crippen LogP contribution in [0.15, 0.2) is 18.7 Å². The van der Waals surface area contributed by atoms with E-state index in [9.17, 15) is 48.3 Å². The fraction of sp³-hybridized carbons (Fsp3) is 0.736. The first kappa shape index (κ1) is 68.3. The van der Waals surface area contributed by atoms with E-state index in [1.807, 2.05) is 11.8 Å². The standard InChI is InChI=1S/C53H89N17O13S/c1-33(2)45-52(79)63-39(26-34-27-56-32-60-34)51(78)62-38(11-5-7-15-54)50(77)64-40(30-71)49(76)59-28-44(73)61-37(12-6-8-18-70-29-35(68-69-70)25-36(55)47(74)66-45)48(75)58-17-10-20-82-22-24-83-23-21-81-19-9-16-57-43(72)14-4-3-13-42-46-41(31-84-42)65-53(80)67-46/h27,29,32-33,36-42,45-46,71H,3-26,28,30-31,54-55H2,1-2H3,(H,56,60)(H,57,72)(H,58,75)(H,59,76)(H,61,73)(H,62,78)(H,63,79)(H,64,77)(H,66,74)(H2,65,67,80)/t36-,37-,38-,39-,40-,41+,42?,45-,46+/m0/s1. The number of fused-ring (bicyclic) bond motifs is 3. The molecule has 3 aliphatic heterocycles. The van der Waals surface area contributed by atoms with Crippen molar-refractivity contribution in [3.8, 4) is 0 Å². The molecule has 84 heavy (non-hydrogen) atoms. The van der Waals surface area contributed by atoms with Gasteiger partial charge in [-0.3, -0.25) is 43.0 Å². The smallest absolute Gasteiger partial charge is 0.315 e. The summed E-state index contributed by atoms with van der Waals surface area (Å²) < 4.78 is 18.4. The van der Waals surface area contributed by atoms with Gasteiger partial charge in [0.25, 0.3) is 0 Å². The molecule has 1 unspecified atom stereocenters. The summed E-state index contributed by atoms with van der Waals surface area (Å²) in [5, 5.41) is 46.2. The number of hydrogen-bond donors (Lipinski definition) is 14. The Morgan fingerprint density at radius 2 is 1.46 bits per heavy atom. The SMILES string of the molecule is CC(C)[C@@H]1NC(=O)[C@@H](N)Cc2cn(nn2)CCCC[C@@H](C(=O)NCCCOCCOCCOCCCNC(=O)CCCCC2SC[C@H]3NC(=O)N[C@@H]23)NC(=O)CNC(=O)[C@H](CO)NC(=O)[C@H](CCCCN)NC(=O)[C@H](Cc2c[nH]cn2)NC1=O. The Hall–Kier alpha value is -6.51. The highest BCUT2D eigenvalue weighted by Crippen LogP contribution is 2.33. The second-order valence-corrected chi connectivity index (χ2v) is 22.6. The molecule has 5 rings (SSSR count). The molecule has 0 spiro atoms. The number of urea groups is 1. The number of nitrogens with zero attached hydrogens (tertiary/aromatic N) is 4. The van der Waals surface area contributed by atoms with Crippen LogP contribution in [0.25, 0.3) is 0 Å². The van der Waals surface area contributed by atoms with Crippen molar-refractivity contribution < 1.29 is 62.5 Å². The maximum Gasteiger partial charge on any atom is 0.315 e. The van der Waals surface area contributed by atoms with Gasteiger partial charge in [0, 0.05) is 75.5 Å². The predicted octanol–water partition coefficient (Wildman–Crippen LogP) is -3.60. The van der Waals surface area contributed by atoms with E-state index < -0.39 is 96.7 Å². The van der Waals surface area contributed by atoms with Crippen molar-refractivity contribution in [1.29, 1.82) is 0 Å². The minimum atomic E-state index is -1.56. The topological polar surface area (TPSA) is 433 Å². The van der Waals surface area contributed by atoms with Crippen molar-refractivity contribution in [3.63, 3.8) is 0 Å². The molecule has 2 aromatic rings. The molecule has 0 radical (unpaired) electrons.